The number of likely N-dealkylation sites (tertiary alicyclic amines) is 1. The van der Waals surface area contributed by atoms with Gasteiger partial charge in [0.15, 0.2) is 0 Å². The van der Waals surface area contributed by atoms with Gasteiger partial charge in [-0.1, -0.05) is 19.1 Å². The van der Waals surface area contributed by atoms with Crippen molar-refractivity contribution in [2.24, 2.45) is 11.7 Å². The fraction of sp³-hybridized carbons (Fsp3) is 0.286. The van der Waals surface area contributed by atoms with Gasteiger partial charge < -0.3 is 16.0 Å². The molecule has 0 bridgehead atoms. The van der Waals surface area contributed by atoms with Crippen LogP contribution in [0.4, 0.5) is 5.69 Å². The molecule has 29 heavy (non-hydrogen) atoms. The van der Waals surface area contributed by atoms with Crippen LogP contribution in [0, 0.1) is 17.2 Å². The lowest BCUT2D eigenvalue weighted by molar-refractivity contribution is -0.146. The Morgan fingerprint density at radius 2 is 2.03 bits per heavy atom. The Hall–Kier alpha value is -3.73. The van der Waals surface area contributed by atoms with Crippen LogP contribution in [-0.2, 0) is 9.59 Å². The van der Waals surface area contributed by atoms with Gasteiger partial charge in [0.05, 0.1) is 35.1 Å². The highest BCUT2D eigenvalue weighted by Crippen LogP contribution is 2.33. The van der Waals surface area contributed by atoms with E-state index in [1.807, 2.05) is 13.0 Å². The predicted octanol–water partition coefficient (Wildman–Crippen LogP) is 1.99. The highest BCUT2D eigenvalue weighted by molar-refractivity contribution is 6.39. The van der Waals surface area contributed by atoms with E-state index in [9.17, 15) is 14.4 Å². The number of nitrogens with two attached hydrogens (primary N) is 1. The summed E-state index contributed by atoms with van der Waals surface area (Å²) in [5.74, 6) is -1.92. The van der Waals surface area contributed by atoms with E-state index in [0.29, 0.717) is 18.5 Å². The molecule has 0 spiro atoms. The number of hydrogen-bond donors (Lipinski definition) is 2. The zero-order valence-corrected chi connectivity index (χ0v) is 16.0. The number of nitrogens with zero attached hydrogens (tertiary/aromatic N) is 3. The average molecular weight is 391 g/mol. The first-order valence-electron chi connectivity index (χ1n) is 9.26. The first-order valence-corrected chi connectivity index (χ1v) is 9.26. The number of pyridine rings is 1. The first-order chi connectivity index (χ1) is 13.9. The summed E-state index contributed by atoms with van der Waals surface area (Å²) in [5.41, 5.74) is 6.90. The molecule has 8 nitrogen and oxygen atoms in total. The van der Waals surface area contributed by atoms with E-state index in [4.69, 9.17) is 11.0 Å². The lowest BCUT2D eigenvalue weighted by atomic mass is 9.89. The number of nitriles is 1. The largest absolute Gasteiger partial charge is 0.366 e. The van der Waals surface area contributed by atoms with Crippen molar-refractivity contribution in [2.75, 3.05) is 11.9 Å². The van der Waals surface area contributed by atoms with Gasteiger partial charge in [-0.3, -0.25) is 19.4 Å². The Bertz CT molecular complexity index is 998. The Labute approximate surface area is 168 Å². The van der Waals surface area contributed by atoms with Gasteiger partial charge in [0.2, 0.25) is 5.91 Å². The van der Waals surface area contributed by atoms with Gasteiger partial charge >= 0.3 is 11.8 Å². The lowest BCUT2D eigenvalue weighted by Gasteiger charge is -2.38. The number of benzene rings is 1. The zero-order chi connectivity index (χ0) is 21.0. The van der Waals surface area contributed by atoms with Crippen molar-refractivity contribution in [1.29, 1.82) is 5.26 Å². The first kappa shape index (κ1) is 20.0. The third kappa shape index (κ3) is 4.58. The standard InChI is InChI=1S/C21H21N5O3/c1-13-5-6-18(15-4-2-3-14(7-15)9-22)26(12-13)21(29)20(28)25-17-8-16(19(23)27)10-24-11-17/h2-4,7-8,10-11,13,18H,5-6,12H2,1H3,(H2,23,27)(H,25,28)/t13-,18+/m1/s1. The van der Waals surface area contributed by atoms with Gasteiger partial charge in [-0.2, -0.15) is 5.26 Å². The summed E-state index contributed by atoms with van der Waals surface area (Å²) in [4.78, 5) is 42.2. The molecule has 0 aliphatic carbocycles. The second-order valence-corrected chi connectivity index (χ2v) is 7.17. The van der Waals surface area contributed by atoms with Gasteiger partial charge in [0.25, 0.3) is 0 Å². The molecule has 2 aromatic rings. The second-order valence-electron chi connectivity index (χ2n) is 7.17. The SMILES string of the molecule is C[C@@H]1CC[C@@H](c2cccc(C#N)c2)N(C(=O)C(=O)Nc2cncc(C(N)=O)c2)C1. The van der Waals surface area contributed by atoms with Gasteiger partial charge in [-0.05, 0) is 42.5 Å². The lowest BCUT2D eigenvalue weighted by Crippen LogP contribution is -2.46. The summed E-state index contributed by atoms with van der Waals surface area (Å²) in [5, 5.41) is 11.6. The molecular weight excluding hydrogens is 370 g/mol. The minimum atomic E-state index is -0.816. The zero-order valence-electron chi connectivity index (χ0n) is 16.0. The van der Waals surface area contributed by atoms with E-state index in [2.05, 4.69) is 16.4 Å². The maximum Gasteiger partial charge on any atom is 0.313 e. The topological polar surface area (TPSA) is 129 Å². The number of piperidine rings is 1. The molecule has 3 rings (SSSR count). The fourth-order valence-corrected chi connectivity index (χ4v) is 3.50. The van der Waals surface area contributed by atoms with Crippen molar-refractivity contribution < 1.29 is 14.4 Å². The monoisotopic (exact) mass is 391 g/mol. The van der Waals surface area contributed by atoms with Crippen LogP contribution in [-0.4, -0.2) is 34.2 Å². The van der Waals surface area contributed by atoms with Crippen molar-refractivity contribution >= 4 is 23.4 Å². The quantitative estimate of drug-likeness (QED) is 0.773. The molecule has 1 aliphatic heterocycles. The summed E-state index contributed by atoms with van der Waals surface area (Å²) in [6.45, 7) is 2.47. The smallest absolute Gasteiger partial charge is 0.313 e. The number of aromatic nitrogens is 1. The van der Waals surface area contributed by atoms with Gasteiger partial charge in [0, 0.05) is 12.7 Å². The molecule has 0 radical (unpaired) electrons. The van der Waals surface area contributed by atoms with Crippen LogP contribution >= 0.6 is 0 Å². The van der Waals surface area contributed by atoms with Gasteiger partial charge in [-0.15, -0.1) is 0 Å². The molecule has 3 N–H and O–H groups in total. The third-order valence-corrected chi connectivity index (χ3v) is 4.95. The van der Waals surface area contributed by atoms with Crippen molar-refractivity contribution in [3.05, 3.63) is 59.4 Å². The molecule has 0 unspecified atom stereocenters. The molecule has 2 heterocycles. The van der Waals surface area contributed by atoms with Crippen molar-refractivity contribution in [2.45, 2.75) is 25.8 Å². The van der Waals surface area contributed by atoms with Crippen LogP contribution in [0.5, 0.6) is 0 Å². The Kier molecular flexibility index (Phi) is 5.88. The molecule has 1 aromatic heterocycles. The van der Waals surface area contributed by atoms with Crippen LogP contribution in [0.25, 0.3) is 0 Å². The molecular formula is C21H21N5O3. The normalized spacial score (nSPS) is 18.6. The van der Waals surface area contributed by atoms with E-state index in [0.717, 1.165) is 12.0 Å². The number of hydrogen-bond acceptors (Lipinski definition) is 5. The molecule has 2 atom stereocenters. The highest BCUT2D eigenvalue weighted by Gasteiger charge is 2.34. The molecule has 148 valence electrons. The molecule has 3 amide bonds. The average Bonchev–Trinajstić information content (AvgIpc) is 2.73. The summed E-state index contributed by atoms with van der Waals surface area (Å²) in [6.07, 6.45) is 4.24. The molecule has 1 saturated heterocycles. The summed E-state index contributed by atoms with van der Waals surface area (Å²) >= 11 is 0. The molecule has 1 aromatic carbocycles. The number of anilines is 1. The van der Waals surface area contributed by atoms with Crippen LogP contribution in [0.2, 0.25) is 0 Å². The van der Waals surface area contributed by atoms with E-state index in [1.165, 1.54) is 18.5 Å². The van der Waals surface area contributed by atoms with Crippen molar-refractivity contribution in [3.8, 4) is 6.07 Å². The van der Waals surface area contributed by atoms with Crippen molar-refractivity contribution in [1.82, 2.24) is 9.88 Å². The molecule has 1 fully saturated rings. The minimum Gasteiger partial charge on any atom is -0.366 e. The summed E-state index contributed by atoms with van der Waals surface area (Å²) in [7, 11) is 0. The van der Waals surface area contributed by atoms with E-state index in [1.54, 1.807) is 23.1 Å². The highest BCUT2D eigenvalue weighted by atomic mass is 16.2. The van der Waals surface area contributed by atoms with Crippen molar-refractivity contribution in [3.63, 3.8) is 0 Å². The Balaban J connectivity index is 1.82. The number of nitrogens with one attached hydrogen (secondary N) is 1. The summed E-state index contributed by atoms with van der Waals surface area (Å²) in [6, 6.07) is 10.3. The second kappa shape index (κ2) is 8.52. The number of carbonyl (C=O) groups is 3. The van der Waals surface area contributed by atoms with Crippen LogP contribution in [0.1, 0.15) is 47.3 Å². The van der Waals surface area contributed by atoms with Crippen LogP contribution in [0.3, 0.4) is 0 Å². The fourth-order valence-electron chi connectivity index (χ4n) is 3.50. The number of primary amides is 1. The predicted molar refractivity (Wildman–Crippen MR) is 105 cm³/mol. The van der Waals surface area contributed by atoms with Gasteiger partial charge in [-0.25, -0.2) is 0 Å². The molecule has 8 heteroatoms. The maximum absolute atomic E-state index is 12.9. The number of amides is 3. The van der Waals surface area contributed by atoms with Gasteiger partial charge in [0.1, 0.15) is 0 Å². The third-order valence-electron chi connectivity index (χ3n) is 4.95. The maximum atomic E-state index is 12.9. The molecule has 0 saturated carbocycles. The number of rotatable bonds is 3. The summed E-state index contributed by atoms with van der Waals surface area (Å²) < 4.78 is 0. The number of carbonyl (C=O) groups excluding carboxylic acids is 3. The van der Waals surface area contributed by atoms with E-state index >= 15 is 0 Å². The minimum absolute atomic E-state index is 0.132. The Morgan fingerprint density at radius 3 is 2.76 bits per heavy atom. The van der Waals surface area contributed by atoms with Crippen LogP contribution < -0.4 is 11.1 Å². The van der Waals surface area contributed by atoms with E-state index in [-0.39, 0.29) is 23.2 Å². The van der Waals surface area contributed by atoms with E-state index < -0.39 is 17.7 Å². The van der Waals surface area contributed by atoms with Crippen LogP contribution in [0.15, 0.2) is 42.7 Å². The molecule has 1 aliphatic rings. The Morgan fingerprint density at radius 1 is 1.24 bits per heavy atom.